The van der Waals surface area contributed by atoms with Crippen LogP contribution < -0.4 is 0 Å². The van der Waals surface area contributed by atoms with Crippen molar-refractivity contribution in [1.29, 1.82) is 0 Å². The predicted molar refractivity (Wildman–Crippen MR) is 80.5 cm³/mol. The number of hydrogen-bond donors (Lipinski definition) is 0. The monoisotopic (exact) mass is 285 g/mol. The van der Waals surface area contributed by atoms with Gasteiger partial charge in [-0.25, -0.2) is 0 Å². The van der Waals surface area contributed by atoms with Crippen LogP contribution in [-0.4, -0.2) is 48.1 Å². The summed E-state index contributed by atoms with van der Waals surface area (Å²) in [6.45, 7) is 5.36. The molecule has 2 atom stereocenters. The molecule has 0 bridgehead atoms. The van der Waals surface area contributed by atoms with Gasteiger partial charge in [0.2, 0.25) is 5.91 Å². The number of nitrogens with zero attached hydrogens (tertiary/aromatic N) is 1. The standard InChI is InChI=1S/C15H27NO2S/c1-12(15(2)7-8-15)16(3)14(17)11-19-10-13-6-4-5-9-18-13/h12-13H,4-11H2,1-3H3/t12-,13-/m0/s1. The molecule has 2 rings (SSSR count). The van der Waals surface area contributed by atoms with Crippen molar-refractivity contribution in [3.05, 3.63) is 0 Å². The number of thioether (sulfide) groups is 1. The van der Waals surface area contributed by atoms with Crippen LogP contribution >= 0.6 is 11.8 Å². The zero-order valence-corrected chi connectivity index (χ0v) is 13.3. The number of carbonyl (C=O) groups is 1. The number of ether oxygens (including phenoxy) is 1. The summed E-state index contributed by atoms with van der Waals surface area (Å²) in [5.41, 5.74) is 0.377. The Morgan fingerprint density at radius 1 is 1.47 bits per heavy atom. The third-order valence-electron chi connectivity index (χ3n) is 4.82. The zero-order chi connectivity index (χ0) is 13.9. The number of amides is 1. The lowest BCUT2D eigenvalue weighted by molar-refractivity contribution is -0.130. The molecule has 0 aromatic rings. The van der Waals surface area contributed by atoms with E-state index in [0.717, 1.165) is 18.8 Å². The van der Waals surface area contributed by atoms with Crippen LogP contribution in [0.25, 0.3) is 0 Å². The maximum absolute atomic E-state index is 12.2. The molecule has 1 amide bonds. The topological polar surface area (TPSA) is 29.5 Å². The molecule has 4 heteroatoms. The van der Waals surface area contributed by atoms with Crippen molar-refractivity contribution in [1.82, 2.24) is 4.90 Å². The molecule has 1 heterocycles. The average Bonchev–Trinajstić information content (AvgIpc) is 3.17. The second kappa shape index (κ2) is 6.49. The summed E-state index contributed by atoms with van der Waals surface area (Å²) in [4.78, 5) is 14.1. The Balaban J connectivity index is 1.65. The van der Waals surface area contributed by atoms with Gasteiger partial charge in [-0.05, 0) is 44.4 Å². The Morgan fingerprint density at radius 3 is 2.79 bits per heavy atom. The van der Waals surface area contributed by atoms with Crippen LogP contribution in [0.1, 0.15) is 46.0 Å². The SMILES string of the molecule is C[C@H](N(C)C(=O)CSC[C@@H]1CCCCO1)C1(C)CC1. The number of carbonyl (C=O) groups excluding carboxylic acids is 1. The van der Waals surface area contributed by atoms with Crippen LogP contribution in [0.4, 0.5) is 0 Å². The first kappa shape index (κ1) is 15.2. The molecule has 0 N–H and O–H groups in total. The molecule has 0 unspecified atom stereocenters. The molecule has 0 radical (unpaired) electrons. The molecule has 1 saturated carbocycles. The Hall–Kier alpha value is -0.220. The number of rotatable bonds is 6. The minimum atomic E-state index is 0.265. The fraction of sp³-hybridized carbons (Fsp3) is 0.933. The second-order valence-corrected chi connectivity index (χ2v) is 7.37. The quantitative estimate of drug-likeness (QED) is 0.751. The highest BCUT2D eigenvalue weighted by atomic mass is 32.2. The van der Waals surface area contributed by atoms with Gasteiger partial charge in [-0.3, -0.25) is 4.79 Å². The largest absolute Gasteiger partial charge is 0.377 e. The van der Waals surface area contributed by atoms with Crippen molar-refractivity contribution >= 4 is 17.7 Å². The van der Waals surface area contributed by atoms with Crippen LogP contribution in [0.2, 0.25) is 0 Å². The van der Waals surface area contributed by atoms with Gasteiger partial charge in [0.1, 0.15) is 0 Å². The van der Waals surface area contributed by atoms with Gasteiger partial charge < -0.3 is 9.64 Å². The van der Waals surface area contributed by atoms with Crippen molar-refractivity contribution in [2.45, 2.75) is 58.1 Å². The Bertz CT molecular complexity index is 311. The van der Waals surface area contributed by atoms with Crippen molar-refractivity contribution in [3.8, 4) is 0 Å². The molecular formula is C15H27NO2S. The lowest BCUT2D eigenvalue weighted by Gasteiger charge is -2.30. The summed E-state index contributed by atoms with van der Waals surface area (Å²) in [7, 11) is 1.95. The second-order valence-electron chi connectivity index (χ2n) is 6.34. The average molecular weight is 285 g/mol. The molecule has 2 aliphatic rings. The normalized spacial score (nSPS) is 26.8. The van der Waals surface area contributed by atoms with Crippen molar-refractivity contribution in [3.63, 3.8) is 0 Å². The van der Waals surface area contributed by atoms with Crippen LogP contribution in [0.5, 0.6) is 0 Å². The minimum Gasteiger partial charge on any atom is -0.377 e. The summed E-state index contributed by atoms with van der Waals surface area (Å²) in [6.07, 6.45) is 6.51. The molecular weight excluding hydrogens is 258 g/mol. The summed E-state index contributed by atoms with van der Waals surface area (Å²) in [5, 5.41) is 0. The van der Waals surface area contributed by atoms with Gasteiger partial charge in [0, 0.05) is 25.4 Å². The summed E-state index contributed by atoms with van der Waals surface area (Å²) in [6, 6.07) is 0.367. The van der Waals surface area contributed by atoms with E-state index in [1.807, 2.05) is 11.9 Å². The van der Waals surface area contributed by atoms with Gasteiger partial charge in [-0.1, -0.05) is 6.92 Å². The van der Waals surface area contributed by atoms with E-state index in [0.29, 0.717) is 23.3 Å². The highest BCUT2D eigenvalue weighted by Crippen LogP contribution is 2.49. The van der Waals surface area contributed by atoms with Gasteiger partial charge in [0.25, 0.3) is 0 Å². The van der Waals surface area contributed by atoms with Gasteiger partial charge in [0.05, 0.1) is 11.9 Å². The van der Waals surface area contributed by atoms with E-state index in [1.54, 1.807) is 11.8 Å². The third kappa shape index (κ3) is 4.12. The van der Waals surface area contributed by atoms with E-state index in [2.05, 4.69) is 13.8 Å². The number of hydrogen-bond acceptors (Lipinski definition) is 3. The molecule has 0 aromatic carbocycles. The molecule has 3 nitrogen and oxygen atoms in total. The lowest BCUT2D eigenvalue weighted by Crippen LogP contribution is -2.41. The molecule has 2 fully saturated rings. The predicted octanol–water partition coefficient (Wildman–Crippen LogP) is 2.94. The fourth-order valence-electron chi connectivity index (χ4n) is 2.62. The van der Waals surface area contributed by atoms with E-state index in [9.17, 15) is 4.79 Å². The molecule has 110 valence electrons. The first-order valence-corrected chi connectivity index (χ1v) is 8.63. The van der Waals surface area contributed by atoms with Crippen LogP contribution in [0.15, 0.2) is 0 Å². The van der Waals surface area contributed by atoms with Crippen molar-refractivity contribution in [2.75, 3.05) is 25.2 Å². The smallest absolute Gasteiger partial charge is 0.232 e. The Labute approximate surface area is 121 Å². The maximum Gasteiger partial charge on any atom is 0.232 e. The van der Waals surface area contributed by atoms with Crippen LogP contribution in [-0.2, 0) is 9.53 Å². The van der Waals surface area contributed by atoms with E-state index in [-0.39, 0.29) is 5.91 Å². The first-order chi connectivity index (χ1) is 9.03. The molecule has 19 heavy (non-hydrogen) atoms. The first-order valence-electron chi connectivity index (χ1n) is 7.48. The van der Waals surface area contributed by atoms with E-state index in [4.69, 9.17) is 4.74 Å². The fourth-order valence-corrected chi connectivity index (χ4v) is 3.64. The van der Waals surface area contributed by atoms with E-state index >= 15 is 0 Å². The molecule has 1 saturated heterocycles. The summed E-state index contributed by atoms with van der Waals surface area (Å²) >= 11 is 1.73. The molecule has 1 aliphatic carbocycles. The van der Waals surface area contributed by atoms with Crippen LogP contribution in [0.3, 0.4) is 0 Å². The third-order valence-corrected chi connectivity index (χ3v) is 5.88. The van der Waals surface area contributed by atoms with Gasteiger partial charge in [-0.15, -0.1) is 11.8 Å². The molecule has 0 aromatic heterocycles. The minimum absolute atomic E-state index is 0.265. The van der Waals surface area contributed by atoms with E-state index in [1.165, 1.54) is 25.7 Å². The maximum atomic E-state index is 12.2. The Kier molecular flexibility index (Phi) is 5.18. The van der Waals surface area contributed by atoms with E-state index < -0.39 is 0 Å². The summed E-state index contributed by atoms with van der Waals surface area (Å²) < 4.78 is 5.69. The van der Waals surface area contributed by atoms with Crippen LogP contribution in [0, 0.1) is 5.41 Å². The Morgan fingerprint density at radius 2 is 2.21 bits per heavy atom. The van der Waals surface area contributed by atoms with Crippen molar-refractivity contribution in [2.24, 2.45) is 5.41 Å². The highest BCUT2D eigenvalue weighted by Gasteiger charge is 2.45. The lowest BCUT2D eigenvalue weighted by atomic mass is 10.00. The zero-order valence-electron chi connectivity index (χ0n) is 12.5. The summed E-state index contributed by atoms with van der Waals surface area (Å²) in [5.74, 6) is 1.82. The van der Waals surface area contributed by atoms with Gasteiger partial charge >= 0.3 is 0 Å². The van der Waals surface area contributed by atoms with Gasteiger partial charge in [0.15, 0.2) is 0 Å². The van der Waals surface area contributed by atoms with Gasteiger partial charge in [-0.2, -0.15) is 0 Å². The molecule has 1 aliphatic heterocycles. The highest BCUT2D eigenvalue weighted by molar-refractivity contribution is 7.99. The van der Waals surface area contributed by atoms with Crippen molar-refractivity contribution < 1.29 is 9.53 Å². The molecule has 0 spiro atoms.